The third kappa shape index (κ3) is 2.28. The van der Waals surface area contributed by atoms with Gasteiger partial charge in [0, 0.05) is 24.1 Å². The van der Waals surface area contributed by atoms with Crippen molar-refractivity contribution in [2.75, 3.05) is 5.32 Å². The van der Waals surface area contributed by atoms with E-state index in [0.717, 1.165) is 11.3 Å². The Kier molecular flexibility index (Phi) is 3.01. The summed E-state index contributed by atoms with van der Waals surface area (Å²) in [6.07, 6.45) is 7.83. The highest BCUT2D eigenvalue weighted by atomic mass is 16.1. The molecule has 2 unspecified atom stereocenters. The lowest BCUT2D eigenvalue weighted by molar-refractivity contribution is -0.118. The van der Waals surface area contributed by atoms with E-state index in [9.17, 15) is 4.79 Å². The lowest BCUT2D eigenvalue weighted by Gasteiger charge is -2.11. The first-order valence-electron chi connectivity index (χ1n) is 5.32. The molecule has 0 aromatic carbocycles. The van der Waals surface area contributed by atoms with Gasteiger partial charge < -0.3 is 11.1 Å². The van der Waals surface area contributed by atoms with Crippen molar-refractivity contribution in [2.24, 2.45) is 11.7 Å². The van der Waals surface area contributed by atoms with Gasteiger partial charge in [0.05, 0.1) is 5.92 Å². The van der Waals surface area contributed by atoms with Crippen LogP contribution in [0.15, 0.2) is 30.6 Å². The van der Waals surface area contributed by atoms with Gasteiger partial charge in [0.25, 0.3) is 0 Å². The Morgan fingerprint density at radius 1 is 1.56 bits per heavy atom. The van der Waals surface area contributed by atoms with Crippen LogP contribution in [-0.2, 0) is 4.79 Å². The number of aryl methyl sites for hydroxylation is 1. The first kappa shape index (κ1) is 10.8. The van der Waals surface area contributed by atoms with Crippen LogP contribution in [0.4, 0.5) is 5.69 Å². The Morgan fingerprint density at radius 2 is 2.38 bits per heavy atom. The standard InChI is InChI=1S/C12H15N3O/c1-8-7-14-5-4-11(8)15-12(16)9-2-3-10(13)6-9/h2-5,7,9-10H,6,13H2,1H3,(H,14,15,16). The van der Waals surface area contributed by atoms with Crippen LogP contribution < -0.4 is 11.1 Å². The molecule has 0 aliphatic heterocycles. The first-order chi connectivity index (χ1) is 7.66. The van der Waals surface area contributed by atoms with E-state index in [1.807, 2.05) is 19.1 Å². The zero-order valence-electron chi connectivity index (χ0n) is 9.18. The van der Waals surface area contributed by atoms with Crippen LogP contribution in [-0.4, -0.2) is 16.9 Å². The number of nitrogens with two attached hydrogens (primary N) is 1. The molecule has 0 saturated carbocycles. The molecule has 1 aromatic rings. The second kappa shape index (κ2) is 4.45. The predicted molar refractivity (Wildman–Crippen MR) is 62.8 cm³/mol. The lowest BCUT2D eigenvalue weighted by Crippen LogP contribution is -2.24. The van der Waals surface area contributed by atoms with E-state index >= 15 is 0 Å². The van der Waals surface area contributed by atoms with E-state index in [0.29, 0.717) is 6.42 Å². The van der Waals surface area contributed by atoms with Gasteiger partial charge in [-0.3, -0.25) is 9.78 Å². The van der Waals surface area contributed by atoms with Gasteiger partial charge in [0.2, 0.25) is 5.91 Å². The van der Waals surface area contributed by atoms with Crippen molar-refractivity contribution in [1.82, 2.24) is 4.98 Å². The maximum atomic E-state index is 11.9. The molecule has 4 heteroatoms. The van der Waals surface area contributed by atoms with Gasteiger partial charge in [0.15, 0.2) is 0 Å². The van der Waals surface area contributed by atoms with E-state index in [4.69, 9.17) is 5.73 Å². The van der Waals surface area contributed by atoms with Crippen molar-refractivity contribution in [3.05, 3.63) is 36.2 Å². The molecule has 0 fully saturated rings. The SMILES string of the molecule is Cc1cnccc1NC(=O)C1C=CC(N)C1. The number of carbonyl (C=O) groups is 1. The average molecular weight is 217 g/mol. The summed E-state index contributed by atoms with van der Waals surface area (Å²) in [6.45, 7) is 1.92. The summed E-state index contributed by atoms with van der Waals surface area (Å²) in [5.74, 6) is -0.110. The van der Waals surface area contributed by atoms with Gasteiger partial charge in [0.1, 0.15) is 0 Å². The molecule has 0 saturated heterocycles. The monoisotopic (exact) mass is 217 g/mol. The molecule has 1 aliphatic carbocycles. The largest absolute Gasteiger partial charge is 0.325 e. The van der Waals surface area contributed by atoms with E-state index in [2.05, 4.69) is 10.3 Å². The van der Waals surface area contributed by atoms with Crippen molar-refractivity contribution >= 4 is 11.6 Å². The Labute approximate surface area is 94.6 Å². The van der Waals surface area contributed by atoms with Gasteiger partial charge in [-0.1, -0.05) is 12.2 Å². The van der Waals surface area contributed by atoms with Crippen LogP contribution in [0.5, 0.6) is 0 Å². The second-order valence-electron chi connectivity index (χ2n) is 4.07. The van der Waals surface area contributed by atoms with Gasteiger partial charge >= 0.3 is 0 Å². The number of hydrogen-bond donors (Lipinski definition) is 2. The normalized spacial score (nSPS) is 23.4. The van der Waals surface area contributed by atoms with E-state index < -0.39 is 0 Å². The zero-order valence-corrected chi connectivity index (χ0v) is 9.18. The number of rotatable bonds is 2. The average Bonchev–Trinajstić information content (AvgIpc) is 2.68. The van der Waals surface area contributed by atoms with Gasteiger partial charge in [-0.05, 0) is 25.0 Å². The molecule has 2 rings (SSSR count). The number of anilines is 1. The fourth-order valence-electron chi connectivity index (χ4n) is 1.76. The molecule has 4 nitrogen and oxygen atoms in total. The molecule has 0 bridgehead atoms. The number of amides is 1. The van der Waals surface area contributed by atoms with Gasteiger partial charge in [-0.2, -0.15) is 0 Å². The van der Waals surface area contributed by atoms with Crippen LogP contribution in [0.25, 0.3) is 0 Å². The summed E-state index contributed by atoms with van der Waals surface area (Å²) >= 11 is 0. The number of nitrogens with one attached hydrogen (secondary N) is 1. The fraction of sp³-hybridized carbons (Fsp3) is 0.333. The predicted octanol–water partition coefficient (Wildman–Crippen LogP) is 1.23. The quantitative estimate of drug-likeness (QED) is 0.732. The third-order valence-electron chi connectivity index (χ3n) is 2.73. The van der Waals surface area contributed by atoms with Crippen LogP contribution >= 0.6 is 0 Å². The molecule has 2 atom stereocenters. The Hall–Kier alpha value is -1.68. The number of hydrogen-bond acceptors (Lipinski definition) is 3. The highest BCUT2D eigenvalue weighted by Crippen LogP contribution is 2.19. The van der Waals surface area contributed by atoms with E-state index in [1.165, 1.54) is 0 Å². The summed E-state index contributed by atoms with van der Waals surface area (Å²) in [6, 6.07) is 1.81. The Balaban J connectivity index is 2.03. The highest BCUT2D eigenvalue weighted by molar-refractivity contribution is 5.94. The zero-order chi connectivity index (χ0) is 11.5. The van der Waals surface area contributed by atoms with Crippen molar-refractivity contribution in [2.45, 2.75) is 19.4 Å². The molecule has 3 N–H and O–H groups in total. The molecule has 1 amide bonds. The first-order valence-corrected chi connectivity index (χ1v) is 5.32. The fourth-order valence-corrected chi connectivity index (χ4v) is 1.76. The summed E-state index contributed by atoms with van der Waals surface area (Å²) in [4.78, 5) is 15.9. The minimum absolute atomic E-state index is 0.00139. The second-order valence-corrected chi connectivity index (χ2v) is 4.07. The summed E-state index contributed by atoms with van der Waals surface area (Å²) < 4.78 is 0. The minimum atomic E-state index is -0.109. The van der Waals surface area contributed by atoms with E-state index in [1.54, 1.807) is 18.5 Å². The van der Waals surface area contributed by atoms with Crippen LogP contribution in [0.3, 0.4) is 0 Å². The van der Waals surface area contributed by atoms with E-state index in [-0.39, 0.29) is 17.9 Å². The summed E-state index contributed by atoms with van der Waals surface area (Å²) in [5.41, 5.74) is 7.48. The lowest BCUT2D eigenvalue weighted by atomic mass is 10.1. The molecule has 1 heterocycles. The summed E-state index contributed by atoms with van der Waals surface area (Å²) in [5, 5.41) is 2.89. The number of pyridine rings is 1. The topological polar surface area (TPSA) is 68.0 Å². The van der Waals surface area contributed by atoms with Gasteiger partial charge in [-0.15, -0.1) is 0 Å². The Morgan fingerprint density at radius 3 is 3.00 bits per heavy atom. The Bertz CT molecular complexity index is 428. The molecule has 0 spiro atoms. The van der Waals surface area contributed by atoms with Crippen LogP contribution in [0.2, 0.25) is 0 Å². The van der Waals surface area contributed by atoms with Gasteiger partial charge in [-0.25, -0.2) is 0 Å². The van der Waals surface area contributed by atoms with Crippen molar-refractivity contribution in [3.63, 3.8) is 0 Å². The summed E-state index contributed by atoms with van der Waals surface area (Å²) in [7, 11) is 0. The minimum Gasteiger partial charge on any atom is -0.325 e. The number of nitrogens with zero attached hydrogens (tertiary/aromatic N) is 1. The smallest absolute Gasteiger partial charge is 0.231 e. The number of aromatic nitrogens is 1. The maximum Gasteiger partial charge on any atom is 0.231 e. The molecule has 1 aliphatic rings. The van der Waals surface area contributed by atoms with Crippen LogP contribution in [0.1, 0.15) is 12.0 Å². The maximum absolute atomic E-state index is 11.9. The number of carbonyl (C=O) groups excluding carboxylic acids is 1. The molecule has 0 radical (unpaired) electrons. The highest BCUT2D eigenvalue weighted by Gasteiger charge is 2.22. The molecular formula is C12H15N3O. The third-order valence-corrected chi connectivity index (χ3v) is 2.73. The molecule has 16 heavy (non-hydrogen) atoms. The molecule has 1 aromatic heterocycles. The van der Waals surface area contributed by atoms with Crippen molar-refractivity contribution in [1.29, 1.82) is 0 Å². The van der Waals surface area contributed by atoms with Crippen molar-refractivity contribution < 1.29 is 4.79 Å². The molecule has 84 valence electrons. The van der Waals surface area contributed by atoms with Crippen molar-refractivity contribution in [3.8, 4) is 0 Å². The van der Waals surface area contributed by atoms with Crippen LogP contribution in [0, 0.1) is 12.8 Å². The molecular weight excluding hydrogens is 202 g/mol.